The summed E-state index contributed by atoms with van der Waals surface area (Å²) in [7, 11) is 0. The number of rotatable bonds is 4. The molecule has 1 saturated carbocycles. The first kappa shape index (κ1) is 12.1. The molecule has 0 bridgehead atoms. The first-order chi connectivity index (χ1) is 8.29. The van der Waals surface area contributed by atoms with Crippen molar-refractivity contribution in [2.75, 3.05) is 6.54 Å². The molecule has 3 N–H and O–H groups in total. The van der Waals surface area contributed by atoms with Crippen LogP contribution in [-0.4, -0.2) is 28.0 Å². The molecule has 1 aliphatic carbocycles. The van der Waals surface area contributed by atoms with Crippen molar-refractivity contribution in [1.82, 2.24) is 14.9 Å². The van der Waals surface area contributed by atoms with Gasteiger partial charge in [-0.15, -0.1) is 0 Å². The van der Waals surface area contributed by atoms with E-state index < -0.39 is 0 Å². The summed E-state index contributed by atoms with van der Waals surface area (Å²) in [6.45, 7) is 1.25. The molecule has 1 fully saturated rings. The lowest BCUT2D eigenvalue weighted by atomic mass is 9.95. The minimum atomic E-state index is -0.0623. The summed E-state index contributed by atoms with van der Waals surface area (Å²) in [4.78, 5) is 16.0. The average Bonchev–Trinajstić information content (AvgIpc) is 2.79. The molecular formula is C12H20N4O. The Bertz CT molecular complexity index is 368. The van der Waals surface area contributed by atoms with Gasteiger partial charge in [-0.3, -0.25) is 4.79 Å². The van der Waals surface area contributed by atoms with Crippen LogP contribution in [-0.2, 0) is 6.54 Å². The van der Waals surface area contributed by atoms with Gasteiger partial charge in [-0.1, -0.05) is 19.3 Å². The summed E-state index contributed by atoms with van der Waals surface area (Å²) in [6.07, 6.45) is 9.31. The van der Waals surface area contributed by atoms with Gasteiger partial charge >= 0.3 is 0 Å². The Labute approximate surface area is 101 Å². The summed E-state index contributed by atoms with van der Waals surface area (Å²) >= 11 is 0. The second kappa shape index (κ2) is 5.82. The zero-order valence-corrected chi connectivity index (χ0v) is 10.1. The van der Waals surface area contributed by atoms with Crippen molar-refractivity contribution in [3.05, 3.63) is 18.2 Å². The van der Waals surface area contributed by atoms with Gasteiger partial charge in [0.1, 0.15) is 5.69 Å². The van der Waals surface area contributed by atoms with E-state index in [1.54, 1.807) is 12.5 Å². The minimum Gasteiger partial charge on any atom is -0.348 e. The van der Waals surface area contributed by atoms with Crippen LogP contribution in [0.1, 0.15) is 42.6 Å². The maximum atomic E-state index is 11.9. The van der Waals surface area contributed by atoms with Crippen LogP contribution in [0.3, 0.4) is 0 Å². The summed E-state index contributed by atoms with van der Waals surface area (Å²) < 4.78 is 1.84. The lowest BCUT2D eigenvalue weighted by molar-refractivity contribution is 0.0923. The van der Waals surface area contributed by atoms with Crippen LogP contribution < -0.4 is 11.1 Å². The van der Waals surface area contributed by atoms with E-state index in [-0.39, 0.29) is 5.91 Å². The van der Waals surface area contributed by atoms with Gasteiger partial charge in [-0.25, -0.2) is 4.98 Å². The number of imidazole rings is 1. The van der Waals surface area contributed by atoms with E-state index in [1.807, 2.05) is 4.57 Å². The van der Waals surface area contributed by atoms with Crippen LogP contribution in [0.4, 0.5) is 0 Å². The predicted octanol–water partition coefficient (Wildman–Crippen LogP) is 0.904. The molecule has 94 valence electrons. The third-order valence-corrected chi connectivity index (χ3v) is 3.19. The summed E-state index contributed by atoms with van der Waals surface area (Å²) in [5.74, 6) is -0.0623. The minimum absolute atomic E-state index is 0.0623. The Balaban J connectivity index is 1.89. The van der Waals surface area contributed by atoms with Crippen molar-refractivity contribution >= 4 is 5.91 Å². The van der Waals surface area contributed by atoms with Crippen molar-refractivity contribution in [1.29, 1.82) is 0 Å². The second-order valence-corrected chi connectivity index (χ2v) is 4.59. The number of nitrogens with one attached hydrogen (secondary N) is 1. The van der Waals surface area contributed by atoms with Crippen molar-refractivity contribution in [2.24, 2.45) is 5.73 Å². The van der Waals surface area contributed by atoms with E-state index in [9.17, 15) is 4.79 Å². The molecule has 0 saturated heterocycles. The Morgan fingerprint density at radius 1 is 1.47 bits per heavy atom. The predicted molar refractivity (Wildman–Crippen MR) is 65.6 cm³/mol. The van der Waals surface area contributed by atoms with E-state index in [2.05, 4.69) is 10.3 Å². The van der Waals surface area contributed by atoms with E-state index in [0.717, 1.165) is 12.8 Å². The molecule has 0 atom stereocenters. The Morgan fingerprint density at radius 2 is 2.24 bits per heavy atom. The summed E-state index contributed by atoms with van der Waals surface area (Å²) in [5.41, 5.74) is 5.94. The lowest BCUT2D eigenvalue weighted by Gasteiger charge is -2.22. The molecule has 0 unspecified atom stereocenters. The fraction of sp³-hybridized carbons (Fsp3) is 0.667. The first-order valence-corrected chi connectivity index (χ1v) is 6.32. The van der Waals surface area contributed by atoms with Gasteiger partial charge in [0.2, 0.25) is 0 Å². The SMILES string of the molecule is NCCn1cnc(C(=O)NC2CCCCC2)c1. The molecule has 5 heteroatoms. The maximum absolute atomic E-state index is 11.9. The van der Waals surface area contributed by atoms with Crippen molar-refractivity contribution in [3.8, 4) is 0 Å². The third kappa shape index (κ3) is 3.30. The highest BCUT2D eigenvalue weighted by molar-refractivity contribution is 5.92. The van der Waals surface area contributed by atoms with Crippen LogP contribution in [0.25, 0.3) is 0 Å². The van der Waals surface area contributed by atoms with E-state index in [4.69, 9.17) is 5.73 Å². The maximum Gasteiger partial charge on any atom is 0.271 e. The fourth-order valence-electron chi connectivity index (χ4n) is 2.25. The number of carbonyl (C=O) groups is 1. The molecule has 17 heavy (non-hydrogen) atoms. The van der Waals surface area contributed by atoms with E-state index in [0.29, 0.717) is 24.8 Å². The Hall–Kier alpha value is -1.36. The van der Waals surface area contributed by atoms with Gasteiger partial charge in [0.05, 0.1) is 6.33 Å². The third-order valence-electron chi connectivity index (χ3n) is 3.19. The monoisotopic (exact) mass is 236 g/mol. The molecule has 5 nitrogen and oxygen atoms in total. The van der Waals surface area contributed by atoms with Gasteiger partial charge < -0.3 is 15.6 Å². The van der Waals surface area contributed by atoms with Gasteiger partial charge in [-0.05, 0) is 12.8 Å². The van der Waals surface area contributed by atoms with Crippen LogP contribution in [0.2, 0.25) is 0 Å². The molecule has 1 aromatic rings. The molecule has 0 radical (unpaired) electrons. The fourth-order valence-corrected chi connectivity index (χ4v) is 2.25. The van der Waals surface area contributed by atoms with Gasteiger partial charge in [0.15, 0.2) is 0 Å². The van der Waals surface area contributed by atoms with E-state index >= 15 is 0 Å². The number of nitrogens with two attached hydrogens (primary N) is 1. The van der Waals surface area contributed by atoms with Crippen LogP contribution in [0.15, 0.2) is 12.5 Å². The van der Waals surface area contributed by atoms with Gasteiger partial charge in [-0.2, -0.15) is 0 Å². The molecule has 1 amide bonds. The molecule has 2 rings (SSSR count). The summed E-state index contributed by atoms with van der Waals surface area (Å²) in [6, 6.07) is 0.330. The lowest BCUT2D eigenvalue weighted by Crippen LogP contribution is -2.36. The number of aromatic nitrogens is 2. The molecule has 0 aliphatic heterocycles. The number of carbonyl (C=O) groups excluding carboxylic acids is 1. The molecule has 1 heterocycles. The average molecular weight is 236 g/mol. The highest BCUT2D eigenvalue weighted by Gasteiger charge is 2.17. The Morgan fingerprint density at radius 3 is 2.94 bits per heavy atom. The molecule has 0 spiro atoms. The van der Waals surface area contributed by atoms with Crippen molar-refractivity contribution < 1.29 is 4.79 Å². The van der Waals surface area contributed by atoms with Crippen LogP contribution in [0, 0.1) is 0 Å². The van der Waals surface area contributed by atoms with Crippen LogP contribution >= 0.6 is 0 Å². The summed E-state index contributed by atoms with van der Waals surface area (Å²) in [5, 5.41) is 3.04. The zero-order chi connectivity index (χ0) is 12.1. The van der Waals surface area contributed by atoms with Gasteiger partial charge in [0, 0.05) is 25.3 Å². The quantitative estimate of drug-likeness (QED) is 0.816. The number of nitrogens with zero attached hydrogens (tertiary/aromatic N) is 2. The molecule has 1 aromatic heterocycles. The zero-order valence-electron chi connectivity index (χ0n) is 10.1. The van der Waals surface area contributed by atoms with E-state index in [1.165, 1.54) is 19.3 Å². The van der Waals surface area contributed by atoms with Gasteiger partial charge in [0.25, 0.3) is 5.91 Å². The molecule has 1 aliphatic rings. The van der Waals surface area contributed by atoms with Crippen molar-refractivity contribution in [2.45, 2.75) is 44.7 Å². The Kier molecular flexibility index (Phi) is 4.14. The van der Waals surface area contributed by atoms with Crippen LogP contribution in [0.5, 0.6) is 0 Å². The number of hydrogen-bond acceptors (Lipinski definition) is 3. The highest BCUT2D eigenvalue weighted by Crippen LogP contribution is 2.17. The number of hydrogen-bond donors (Lipinski definition) is 2. The van der Waals surface area contributed by atoms with Crippen molar-refractivity contribution in [3.63, 3.8) is 0 Å². The topological polar surface area (TPSA) is 72.9 Å². The normalized spacial score (nSPS) is 17.0. The largest absolute Gasteiger partial charge is 0.348 e. The molecular weight excluding hydrogens is 216 g/mol. The smallest absolute Gasteiger partial charge is 0.271 e. The second-order valence-electron chi connectivity index (χ2n) is 4.59. The molecule has 0 aromatic carbocycles. The standard InChI is InChI=1S/C12H20N4O/c13-6-7-16-8-11(14-9-16)12(17)15-10-4-2-1-3-5-10/h8-10H,1-7,13H2,(H,15,17). The first-order valence-electron chi connectivity index (χ1n) is 6.32. The number of amides is 1. The highest BCUT2D eigenvalue weighted by atomic mass is 16.2.